The number of pyridine rings is 1. The number of hydrogen-bond donors (Lipinski definition) is 1. The predicted octanol–water partition coefficient (Wildman–Crippen LogP) is 1.83. The number of benzene rings is 1. The number of hydrogen-bond acceptors (Lipinski definition) is 4. The lowest BCUT2D eigenvalue weighted by Crippen LogP contribution is -2.36. The molecule has 9 heteroatoms. The number of ether oxygens (including phenoxy) is 1. The topological polar surface area (TPSA) is 77.4 Å². The summed E-state index contributed by atoms with van der Waals surface area (Å²) in [4.78, 5) is 35.3. The van der Waals surface area contributed by atoms with E-state index >= 15 is 0 Å². The van der Waals surface area contributed by atoms with Crippen LogP contribution < -0.4 is 15.6 Å². The van der Waals surface area contributed by atoms with E-state index in [1.165, 1.54) is 31.4 Å². The van der Waals surface area contributed by atoms with Crippen molar-refractivity contribution in [3.05, 3.63) is 64.1 Å². The minimum Gasteiger partial charge on any atom is -0.497 e. The van der Waals surface area contributed by atoms with Gasteiger partial charge in [0.25, 0.3) is 11.5 Å². The molecule has 0 saturated heterocycles. The van der Waals surface area contributed by atoms with E-state index in [0.29, 0.717) is 28.6 Å². The van der Waals surface area contributed by atoms with Crippen LogP contribution in [0.2, 0.25) is 0 Å². The summed E-state index contributed by atoms with van der Waals surface area (Å²) in [7, 11) is 1.45. The Bertz CT molecular complexity index is 842. The number of alkyl halides is 3. The molecule has 0 saturated carbocycles. The second-order valence-corrected chi connectivity index (χ2v) is 4.99. The molecule has 0 radical (unpaired) electrons. The van der Waals surface area contributed by atoms with Gasteiger partial charge in [-0.25, -0.2) is 0 Å². The number of rotatable bonds is 4. The monoisotopic (exact) mass is 354 g/mol. The van der Waals surface area contributed by atoms with Crippen molar-refractivity contribution in [1.29, 1.82) is 0 Å². The molecule has 1 aromatic heterocycles. The summed E-state index contributed by atoms with van der Waals surface area (Å²) in [5.74, 6) is -1.15. The second kappa shape index (κ2) is 7.20. The molecule has 6 nitrogen and oxygen atoms in total. The van der Waals surface area contributed by atoms with Gasteiger partial charge in [0.2, 0.25) is 5.91 Å². The predicted molar refractivity (Wildman–Crippen MR) is 81.2 cm³/mol. The zero-order chi connectivity index (χ0) is 18.6. The lowest BCUT2D eigenvalue weighted by molar-refractivity contribution is -0.138. The highest BCUT2D eigenvalue weighted by molar-refractivity contribution is 6.04. The highest BCUT2D eigenvalue weighted by Crippen LogP contribution is 2.27. The molecule has 0 atom stereocenters. The average Bonchev–Trinajstić information content (AvgIpc) is 2.55. The lowest BCUT2D eigenvalue weighted by Gasteiger charge is -2.10. The molecule has 1 N–H and O–H groups in total. The van der Waals surface area contributed by atoms with Crippen molar-refractivity contribution in [3.63, 3.8) is 0 Å². The van der Waals surface area contributed by atoms with E-state index < -0.39 is 35.7 Å². The minimum absolute atomic E-state index is 0.158. The van der Waals surface area contributed by atoms with Crippen LogP contribution in [0.1, 0.15) is 15.9 Å². The van der Waals surface area contributed by atoms with Gasteiger partial charge in [0.1, 0.15) is 12.3 Å². The highest BCUT2D eigenvalue weighted by Gasteiger charge is 2.31. The van der Waals surface area contributed by atoms with Gasteiger partial charge in [0, 0.05) is 17.8 Å². The molecule has 0 aliphatic carbocycles. The number of carbonyl (C=O) groups excluding carboxylic acids is 2. The molecule has 0 aliphatic heterocycles. The van der Waals surface area contributed by atoms with Gasteiger partial charge < -0.3 is 9.30 Å². The van der Waals surface area contributed by atoms with Crippen molar-refractivity contribution in [2.24, 2.45) is 0 Å². The number of halogens is 3. The molecule has 132 valence electrons. The fourth-order valence-corrected chi connectivity index (χ4v) is 1.96. The van der Waals surface area contributed by atoms with Gasteiger partial charge in [-0.3, -0.25) is 19.7 Å². The van der Waals surface area contributed by atoms with Crippen molar-refractivity contribution in [3.8, 4) is 5.75 Å². The fourth-order valence-electron chi connectivity index (χ4n) is 1.96. The Balaban J connectivity index is 2.09. The second-order valence-electron chi connectivity index (χ2n) is 4.99. The first kappa shape index (κ1) is 18.2. The maximum Gasteiger partial charge on any atom is 0.417 e. The summed E-state index contributed by atoms with van der Waals surface area (Å²) in [5, 5.41) is 2.01. The number of nitrogens with one attached hydrogen (secondary N) is 1. The maximum atomic E-state index is 12.7. The molecular formula is C16H13F3N2O4. The summed E-state index contributed by atoms with van der Waals surface area (Å²) < 4.78 is 43.5. The Morgan fingerprint density at radius 1 is 1.12 bits per heavy atom. The summed E-state index contributed by atoms with van der Waals surface area (Å²) in [6.45, 7) is -0.718. The number of amides is 2. The Hall–Kier alpha value is -3.10. The van der Waals surface area contributed by atoms with Crippen molar-refractivity contribution < 1.29 is 27.5 Å². The van der Waals surface area contributed by atoms with Crippen LogP contribution in [0.25, 0.3) is 0 Å². The van der Waals surface area contributed by atoms with Crippen molar-refractivity contribution in [2.45, 2.75) is 12.7 Å². The fraction of sp³-hybridized carbons (Fsp3) is 0.188. The number of carbonyl (C=O) groups is 2. The lowest BCUT2D eigenvalue weighted by atomic mass is 10.2. The van der Waals surface area contributed by atoms with Crippen LogP contribution in [0, 0.1) is 0 Å². The normalized spacial score (nSPS) is 11.0. The van der Waals surface area contributed by atoms with Crippen LogP contribution in [-0.2, 0) is 17.5 Å². The van der Waals surface area contributed by atoms with Gasteiger partial charge in [-0.05, 0) is 30.3 Å². The molecule has 0 unspecified atom stereocenters. The zero-order valence-corrected chi connectivity index (χ0v) is 13.0. The van der Waals surface area contributed by atoms with E-state index in [0.717, 1.165) is 0 Å². The third kappa shape index (κ3) is 4.69. The standard InChI is InChI=1S/C16H13F3N2O4/c1-25-12-5-2-10(3-6-12)15(24)20-13(22)9-21-8-11(16(17,18)19)4-7-14(21)23/h2-8H,9H2,1H3,(H,20,22,24). The van der Waals surface area contributed by atoms with Crippen molar-refractivity contribution in [2.75, 3.05) is 7.11 Å². The van der Waals surface area contributed by atoms with E-state index in [4.69, 9.17) is 4.74 Å². The Morgan fingerprint density at radius 3 is 2.32 bits per heavy atom. The largest absolute Gasteiger partial charge is 0.497 e. The van der Waals surface area contributed by atoms with Gasteiger partial charge >= 0.3 is 6.18 Å². The molecule has 0 fully saturated rings. The smallest absolute Gasteiger partial charge is 0.417 e. The third-order valence-corrected chi connectivity index (χ3v) is 3.23. The van der Waals surface area contributed by atoms with Gasteiger partial charge in [0.05, 0.1) is 12.7 Å². The van der Waals surface area contributed by atoms with E-state index in [-0.39, 0.29) is 5.56 Å². The molecule has 25 heavy (non-hydrogen) atoms. The Labute approximate surface area is 139 Å². The van der Waals surface area contributed by atoms with Gasteiger partial charge in [-0.2, -0.15) is 13.2 Å². The molecule has 0 bridgehead atoms. The van der Waals surface area contributed by atoms with Crippen LogP contribution in [0.3, 0.4) is 0 Å². The Kier molecular flexibility index (Phi) is 5.26. The quantitative estimate of drug-likeness (QED) is 0.909. The molecule has 1 heterocycles. The van der Waals surface area contributed by atoms with Crippen LogP contribution >= 0.6 is 0 Å². The van der Waals surface area contributed by atoms with E-state index in [2.05, 4.69) is 0 Å². The summed E-state index contributed by atoms with van der Waals surface area (Å²) in [5.41, 5.74) is -1.70. The molecule has 2 amide bonds. The maximum absolute atomic E-state index is 12.7. The summed E-state index contributed by atoms with van der Waals surface area (Å²) >= 11 is 0. The minimum atomic E-state index is -4.65. The third-order valence-electron chi connectivity index (χ3n) is 3.23. The van der Waals surface area contributed by atoms with E-state index in [9.17, 15) is 27.6 Å². The van der Waals surface area contributed by atoms with Gasteiger partial charge in [-0.1, -0.05) is 0 Å². The molecule has 2 aromatic rings. The number of methoxy groups -OCH3 is 1. The molecular weight excluding hydrogens is 341 g/mol. The molecule has 0 aliphatic rings. The first-order valence-electron chi connectivity index (χ1n) is 6.96. The number of aromatic nitrogens is 1. The van der Waals surface area contributed by atoms with Crippen LogP contribution in [0.4, 0.5) is 13.2 Å². The molecule has 0 spiro atoms. The number of nitrogens with zero attached hydrogens (tertiary/aromatic N) is 1. The SMILES string of the molecule is COc1ccc(C(=O)NC(=O)Cn2cc(C(F)(F)F)ccc2=O)cc1. The highest BCUT2D eigenvalue weighted by atomic mass is 19.4. The molecule has 2 rings (SSSR count). The Morgan fingerprint density at radius 2 is 1.76 bits per heavy atom. The van der Waals surface area contributed by atoms with E-state index in [1.807, 2.05) is 5.32 Å². The summed E-state index contributed by atoms with van der Waals surface area (Å²) in [6, 6.07) is 7.18. The zero-order valence-electron chi connectivity index (χ0n) is 13.0. The molecule has 1 aromatic carbocycles. The van der Waals surface area contributed by atoms with Crippen molar-refractivity contribution >= 4 is 11.8 Å². The van der Waals surface area contributed by atoms with E-state index in [1.54, 1.807) is 0 Å². The number of imide groups is 1. The first-order chi connectivity index (χ1) is 11.7. The summed E-state index contributed by atoms with van der Waals surface area (Å²) in [6.07, 6.45) is -4.12. The average molecular weight is 354 g/mol. The van der Waals surface area contributed by atoms with Crippen LogP contribution in [0.15, 0.2) is 47.4 Å². The van der Waals surface area contributed by atoms with Gasteiger partial charge in [-0.15, -0.1) is 0 Å². The van der Waals surface area contributed by atoms with Crippen LogP contribution in [0.5, 0.6) is 5.75 Å². The van der Waals surface area contributed by atoms with Gasteiger partial charge in [0.15, 0.2) is 0 Å². The van der Waals surface area contributed by atoms with Crippen molar-refractivity contribution in [1.82, 2.24) is 9.88 Å². The van der Waals surface area contributed by atoms with Crippen LogP contribution in [-0.4, -0.2) is 23.5 Å². The first-order valence-corrected chi connectivity index (χ1v) is 6.96.